The first-order chi connectivity index (χ1) is 8.45. The van der Waals surface area contributed by atoms with E-state index in [4.69, 9.17) is 0 Å². The van der Waals surface area contributed by atoms with Crippen molar-refractivity contribution in [3.63, 3.8) is 0 Å². The lowest BCUT2D eigenvalue weighted by Crippen LogP contribution is -2.01. The van der Waals surface area contributed by atoms with Gasteiger partial charge in [0, 0.05) is 37.3 Å². The second-order valence-electron chi connectivity index (χ2n) is 4.18. The molecule has 1 aromatic heterocycles. The van der Waals surface area contributed by atoms with Crippen molar-refractivity contribution in [2.75, 3.05) is 11.6 Å². The average Bonchev–Trinajstić information content (AvgIpc) is 2.72. The maximum atomic E-state index is 11.4. The molecule has 18 heavy (non-hydrogen) atoms. The molecule has 0 fully saturated rings. The van der Waals surface area contributed by atoms with E-state index >= 15 is 0 Å². The lowest BCUT2D eigenvalue weighted by molar-refractivity contribution is 0.602. The largest absolute Gasteiger partial charge is 0.381 e. The van der Waals surface area contributed by atoms with E-state index in [0.717, 1.165) is 11.3 Å². The van der Waals surface area contributed by atoms with Crippen LogP contribution < -0.4 is 5.32 Å². The Labute approximate surface area is 106 Å². The topological polar surface area (TPSA) is 64.0 Å². The molecule has 0 radical (unpaired) electrons. The first-order valence-electron chi connectivity index (χ1n) is 5.47. The molecule has 1 aromatic carbocycles. The molecule has 2 rings (SSSR count). The Morgan fingerprint density at radius 2 is 2.17 bits per heavy atom. The fourth-order valence-electron chi connectivity index (χ4n) is 1.60. The highest BCUT2D eigenvalue weighted by Crippen LogP contribution is 2.15. The summed E-state index contributed by atoms with van der Waals surface area (Å²) in [4.78, 5) is 0.318. The molecule has 0 aliphatic heterocycles. The highest BCUT2D eigenvalue weighted by molar-refractivity contribution is 7.90. The maximum Gasteiger partial charge on any atom is 0.175 e. The first-order valence-corrected chi connectivity index (χ1v) is 7.36. The van der Waals surface area contributed by atoms with Crippen molar-refractivity contribution in [3.8, 4) is 0 Å². The Hall–Kier alpha value is -1.82. The molecular formula is C12H15N3O2S. The average molecular weight is 265 g/mol. The zero-order valence-electron chi connectivity index (χ0n) is 10.3. The maximum absolute atomic E-state index is 11.4. The van der Waals surface area contributed by atoms with Gasteiger partial charge in [0.05, 0.1) is 11.1 Å². The van der Waals surface area contributed by atoms with Gasteiger partial charge in [-0.05, 0) is 18.2 Å². The van der Waals surface area contributed by atoms with Crippen LogP contribution in [-0.2, 0) is 23.4 Å². The molecule has 0 spiro atoms. The van der Waals surface area contributed by atoms with Crippen molar-refractivity contribution in [3.05, 3.63) is 42.2 Å². The fraction of sp³-hybridized carbons (Fsp3) is 0.250. The number of nitrogens with one attached hydrogen (secondary N) is 1. The molecule has 0 unspecified atom stereocenters. The normalized spacial score (nSPS) is 11.4. The molecule has 6 heteroatoms. The lowest BCUT2D eigenvalue weighted by Gasteiger charge is -2.06. The van der Waals surface area contributed by atoms with Crippen LogP contribution in [0.4, 0.5) is 5.69 Å². The predicted octanol–water partition coefficient (Wildman–Crippen LogP) is 1.44. The number of hydrogen-bond acceptors (Lipinski definition) is 4. The zero-order valence-corrected chi connectivity index (χ0v) is 11.1. The van der Waals surface area contributed by atoms with E-state index < -0.39 is 9.84 Å². The minimum absolute atomic E-state index is 0.318. The van der Waals surface area contributed by atoms with Gasteiger partial charge in [-0.2, -0.15) is 5.10 Å². The second-order valence-corrected chi connectivity index (χ2v) is 6.19. The van der Waals surface area contributed by atoms with Gasteiger partial charge in [-0.1, -0.05) is 6.07 Å². The number of benzene rings is 1. The highest BCUT2D eigenvalue weighted by Gasteiger charge is 2.07. The van der Waals surface area contributed by atoms with Crippen LogP contribution in [0.5, 0.6) is 0 Å². The van der Waals surface area contributed by atoms with E-state index in [2.05, 4.69) is 10.4 Å². The molecule has 0 aliphatic rings. The van der Waals surface area contributed by atoms with Crippen molar-refractivity contribution < 1.29 is 8.42 Å². The summed E-state index contributed by atoms with van der Waals surface area (Å²) in [7, 11) is -1.31. The summed E-state index contributed by atoms with van der Waals surface area (Å²) in [5, 5.41) is 7.24. The molecule has 0 amide bonds. The summed E-state index contributed by atoms with van der Waals surface area (Å²) in [6.45, 7) is 0.612. The van der Waals surface area contributed by atoms with Crippen LogP contribution in [0, 0.1) is 0 Å². The van der Waals surface area contributed by atoms with E-state index in [-0.39, 0.29) is 0 Å². The molecule has 5 nitrogen and oxygen atoms in total. The number of hydrogen-bond donors (Lipinski definition) is 1. The van der Waals surface area contributed by atoms with E-state index in [1.165, 1.54) is 6.26 Å². The van der Waals surface area contributed by atoms with E-state index in [9.17, 15) is 8.42 Å². The van der Waals surface area contributed by atoms with Crippen LogP contribution in [0.1, 0.15) is 5.56 Å². The van der Waals surface area contributed by atoms with Gasteiger partial charge in [0.25, 0.3) is 0 Å². The molecule has 0 aliphatic carbocycles. The van der Waals surface area contributed by atoms with Gasteiger partial charge in [-0.25, -0.2) is 8.42 Å². The number of aromatic nitrogens is 2. The zero-order chi connectivity index (χ0) is 13.2. The number of sulfone groups is 1. The molecule has 0 bridgehead atoms. The Morgan fingerprint density at radius 1 is 1.39 bits per heavy atom. The Kier molecular flexibility index (Phi) is 3.38. The third-order valence-electron chi connectivity index (χ3n) is 2.52. The van der Waals surface area contributed by atoms with Crippen LogP contribution in [0.25, 0.3) is 0 Å². The SMILES string of the molecule is Cn1cc(CNc2cccc(S(C)(=O)=O)c2)cn1. The summed E-state index contributed by atoms with van der Waals surface area (Å²) >= 11 is 0. The highest BCUT2D eigenvalue weighted by atomic mass is 32.2. The van der Waals surface area contributed by atoms with Gasteiger partial charge < -0.3 is 5.32 Å². The van der Waals surface area contributed by atoms with Crippen molar-refractivity contribution >= 4 is 15.5 Å². The number of nitrogens with zero attached hydrogens (tertiary/aromatic N) is 2. The van der Waals surface area contributed by atoms with E-state index in [0.29, 0.717) is 11.4 Å². The second kappa shape index (κ2) is 4.81. The van der Waals surface area contributed by atoms with Crippen LogP contribution in [0.15, 0.2) is 41.6 Å². The fourth-order valence-corrected chi connectivity index (χ4v) is 2.27. The van der Waals surface area contributed by atoms with Gasteiger partial charge in [0.2, 0.25) is 0 Å². The van der Waals surface area contributed by atoms with Crippen LogP contribution in [-0.4, -0.2) is 24.5 Å². The van der Waals surface area contributed by atoms with Gasteiger partial charge in [-0.15, -0.1) is 0 Å². The molecule has 0 saturated heterocycles. The number of anilines is 1. The number of aryl methyl sites for hydroxylation is 1. The van der Waals surface area contributed by atoms with Crippen LogP contribution in [0.3, 0.4) is 0 Å². The monoisotopic (exact) mass is 265 g/mol. The summed E-state index contributed by atoms with van der Waals surface area (Å²) in [6.07, 6.45) is 4.88. The Morgan fingerprint density at radius 3 is 2.78 bits per heavy atom. The summed E-state index contributed by atoms with van der Waals surface area (Å²) in [5.41, 5.74) is 1.82. The third-order valence-corrected chi connectivity index (χ3v) is 3.63. The quantitative estimate of drug-likeness (QED) is 0.908. The van der Waals surface area contributed by atoms with Crippen molar-refractivity contribution in [1.29, 1.82) is 0 Å². The minimum Gasteiger partial charge on any atom is -0.381 e. The Balaban J connectivity index is 2.11. The Bertz CT molecular complexity index is 647. The van der Waals surface area contributed by atoms with E-state index in [1.807, 2.05) is 19.3 Å². The summed E-state index contributed by atoms with van der Waals surface area (Å²) in [6, 6.07) is 6.78. The first kappa shape index (κ1) is 12.6. The van der Waals surface area contributed by atoms with Gasteiger partial charge in [0.1, 0.15) is 0 Å². The number of rotatable bonds is 4. The molecule has 1 heterocycles. The van der Waals surface area contributed by atoms with Crippen molar-refractivity contribution in [2.24, 2.45) is 7.05 Å². The molecule has 96 valence electrons. The van der Waals surface area contributed by atoms with Gasteiger partial charge in [-0.3, -0.25) is 4.68 Å². The molecule has 1 N–H and O–H groups in total. The van der Waals surface area contributed by atoms with Gasteiger partial charge in [0.15, 0.2) is 9.84 Å². The van der Waals surface area contributed by atoms with Crippen LogP contribution in [0.2, 0.25) is 0 Å². The minimum atomic E-state index is -3.16. The van der Waals surface area contributed by atoms with Gasteiger partial charge >= 0.3 is 0 Å². The summed E-state index contributed by atoms with van der Waals surface area (Å²) in [5.74, 6) is 0. The molecular weight excluding hydrogens is 250 g/mol. The van der Waals surface area contributed by atoms with Crippen LogP contribution >= 0.6 is 0 Å². The standard InChI is InChI=1S/C12H15N3O2S/c1-15-9-10(8-14-15)7-13-11-4-3-5-12(6-11)18(2,16)17/h3-6,8-9,13H,7H2,1-2H3. The molecule has 2 aromatic rings. The van der Waals surface area contributed by atoms with E-state index in [1.54, 1.807) is 29.1 Å². The lowest BCUT2D eigenvalue weighted by atomic mass is 10.3. The molecule has 0 saturated carbocycles. The third kappa shape index (κ3) is 3.10. The van der Waals surface area contributed by atoms with Crippen molar-refractivity contribution in [2.45, 2.75) is 11.4 Å². The molecule has 0 atom stereocenters. The summed E-state index contributed by atoms with van der Waals surface area (Å²) < 4.78 is 24.6. The predicted molar refractivity (Wildman–Crippen MR) is 70.1 cm³/mol. The smallest absolute Gasteiger partial charge is 0.175 e. The van der Waals surface area contributed by atoms with Crippen molar-refractivity contribution in [1.82, 2.24) is 9.78 Å².